The molecule has 58 heavy (non-hydrogen) atoms. The maximum Gasteiger partial charge on any atom is 0.261 e. The van der Waals surface area contributed by atoms with Gasteiger partial charge in [0.25, 0.3) is 23.6 Å². The van der Waals surface area contributed by atoms with Crippen LogP contribution in [0.3, 0.4) is 0 Å². The Morgan fingerprint density at radius 2 is 0.672 bits per heavy atom. The Hall–Kier alpha value is -6.00. The number of rotatable bonds is 6. The molecule has 9 rings (SSSR count). The molecule has 0 radical (unpaired) electrons. The molecule has 2 heterocycles. The van der Waals surface area contributed by atoms with Gasteiger partial charge in [0.2, 0.25) is 11.6 Å². The van der Waals surface area contributed by atoms with E-state index in [0.717, 1.165) is 0 Å². The van der Waals surface area contributed by atoms with Crippen molar-refractivity contribution in [2.75, 3.05) is 13.1 Å². The first-order valence-corrected chi connectivity index (χ1v) is 17.6. The first-order chi connectivity index (χ1) is 27.5. The molecular formula is C40H14Cl2F10N2O4. The number of carbonyl (C=O) groups excluding carboxylic acids is 4. The smallest absolute Gasteiger partial charge is 0.261 e. The van der Waals surface area contributed by atoms with Gasteiger partial charge in [0.1, 0.15) is 0 Å². The summed E-state index contributed by atoms with van der Waals surface area (Å²) in [4.78, 5) is 56.7. The average molecular weight is 847 g/mol. The second kappa shape index (κ2) is 12.8. The highest BCUT2D eigenvalue weighted by atomic mass is 35.5. The van der Waals surface area contributed by atoms with Gasteiger partial charge in [0, 0.05) is 77.7 Å². The van der Waals surface area contributed by atoms with Gasteiger partial charge in [-0.05, 0) is 47.9 Å². The van der Waals surface area contributed by atoms with Crippen LogP contribution in [0.4, 0.5) is 43.9 Å². The lowest BCUT2D eigenvalue weighted by molar-refractivity contribution is 0.0596. The zero-order chi connectivity index (χ0) is 41.5. The van der Waals surface area contributed by atoms with E-state index >= 15 is 0 Å². The van der Waals surface area contributed by atoms with Crippen molar-refractivity contribution in [3.63, 3.8) is 0 Å². The minimum absolute atomic E-state index is 0.0799. The summed E-state index contributed by atoms with van der Waals surface area (Å²) in [6.07, 6.45) is -1.87. The van der Waals surface area contributed by atoms with Crippen LogP contribution in [0.1, 0.15) is 52.6 Å². The third-order valence-corrected chi connectivity index (χ3v) is 11.3. The van der Waals surface area contributed by atoms with Crippen molar-refractivity contribution < 1.29 is 63.1 Å². The monoisotopic (exact) mass is 846 g/mol. The Balaban J connectivity index is 1.16. The Morgan fingerprint density at radius 1 is 0.379 bits per heavy atom. The van der Waals surface area contributed by atoms with Crippen molar-refractivity contribution in [2.24, 2.45) is 0 Å². The van der Waals surface area contributed by atoms with Gasteiger partial charge < -0.3 is 0 Å². The van der Waals surface area contributed by atoms with Crippen molar-refractivity contribution >= 4 is 89.9 Å². The number of imide groups is 2. The molecule has 0 unspecified atom stereocenters. The van der Waals surface area contributed by atoms with Gasteiger partial charge in [-0.3, -0.25) is 29.0 Å². The lowest BCUT2D eigenvalue weighted by Crippen LogP contribution is -2.42. The Kier molecular flexibility index (Phi) is 8.26. The fraction of sp³-hybridized carbons (Fsp3) is 0.100. The number of fused-ring (bicyclic) bond motifs is 2. The molecule has 4 amide bonds. The lowest BCUT2D eigenvalue weighted by Gasteiger charge is -2.31. The van der Waals surface area contributed by atoms with E-state index in [9.17, 15) is 63.1 Å². The molecule has 0 atom stereocenters. The molecule has 2 aliphatic heterocycles. The number of carbonyl (C=O) groups is 4. The van der Waals surface area contributed by atoms with Crippen molar-refractivity contribution in [1.82, 2.24) is 9.80 Å². The predicted molar refractivity (Wildman–Crippen MR) is 188 cm³/mol. The Morgan fingerprint density at radius 3 is 1.00 bits per heavy atom. The lowest BCUT2D eigenvalue weighted by atomic mass is 9.82. The van der Waals surface area contributed by atoms with E-state index < -0.39 is 119 Å². The highest BCUT2D eigenvalue weighted by Gasteiger charge is 2.39. The number of halogens is 12. The first-order valence-electron chi connectivity index (χ1n) is 16.8. The highest BCUT2D eigenvalue weighted by Crippen LogP contribution is 2.50. The molecule has 7 aromatic carbocycles. The fourth-order valence-corrected chi connectivity index (χ4v) is 8.67. The average Bonchev–Trinajstić information content (AvgIpc) is 3.20. The standard InChI is InChI=1S/C40H14Cl2F10N2O4/c41-19-9-18-22-14(38(56)54(40(18)58)8-6-16-29(45)33(49)36(52)34(50)30(16)46)4-2-12-24-20(42)10-17-21-13(3-1-11(25(21)24)23(19)26(12)22)37(55)53(39(17)57)7-5-15-27(43)31(47)35(51)32(48)28(15)44/h1-4,9-10H,5-8H2. The summed E-state index contributed by atoms with van der Waals surface area (Å²) < 4.78 is 141. The quantitative estimate of drug-likeness (QED) is 0.0417. The van der Waals surface area contributed by atoms with Crippen molar-refractivity contribution in [2.45, 2.75) is 12.8 Å². The zero-order valence-corrected chi connectivity index (χ0v) is 29.9. The first kappa shape index (κ1) is 37.6. The molecule has 0 spiro atoms. The Bertz CT molecular complexity index is 2890. The summed E-state index contributed by atoms with van der Waals surface area (Å²) in [6, 6.07) is 7.94. The van der Waals surface area contributed by atoms with Crippen LogP contribution in [0.25, 0.3) is 43.1 Å². The summed E-state index contributed by atoms with van der Waals surface area (Å²) in [7, 11) is 0. The van der Waals surface area contributed by atoms with Crippen LogP contribution in [0.2, 0.25) is 10.0 Å². The predicted octanol–water partition coefficient (Wildman–Crippen LogP) is 10.1. The third-order valence-electron chi connectivity index (χ3n) is 10.7. The molecule has 292 valence electrons. The van der Waals surface area contributed by atoms with Crippen molar-refractivity contribution in [3.05, 3.63) is 138 Å². The second-order valence-electron chi connectivity index (χ2n) is 13.5. The molecule has 0 fully saturated rings. The van der Waals surface area contributed by atoms with Crippen LogP contribution in [0.5, 0.6) is 0 Å². The normalized spacial score (nSPS) is 14.2. The highest BCUT2D eigenvalue weighted by molar-refractivity contribution is 6.50. The summed E-state index contributed by atoms with van der Waals surface area (Å²) in [6.45, 7) is -1.59. The molecule has 0 aromatic heterocycles. The van der Waals surface area contributed by atoms with E-state index in [4.69, 9.17) is 23.2 Å². The molecule has 0 saturated carbocycles. The Labute approximate surface area is 326 Å². The second-order valence-corrected chi connectivity index (χ2v) is 14.3. The molecule has 7 aromatic rings. The molecule has 0 bridgehead atoms. The van der Waals surface area contributed by atoms with Crippen molar-refractivity contribution in [3.8, 4) is 0 Å². The molecular weight excluding hydrogens is 833 g/mol. The maximum atomic E-state index is 14.5. The van der Waals surface area contributed by atoms with E-state index in [1.807, 2.05) is 0 Å². The van der Waals surface area contributed by atoms with E-state index in [-0.39, 0.29) is 64.6 Å². The van der Waals surface area contributed by atoms with Gasteiger partial charge in [-0.15, -0.1) is 0 Å². The zero-order valence-electron chi connectivity index (χ0n) is 28.4. The third kappa shape index (κ3) is 4.81. The van der Waals surface area contributed by atoms with Crippen LogP contribution in [-0.4, -0.2) is 46.5 Å². The molecule has 6 nitrogen and oxygen atoms in total. The summed E-state index contributed by atoms with van der Waals surface area (Å²) in [5.41, 5.74) is -2.97. The van der Waals surface area contributed by atoms with E-state index in [2.05, 4.69) is 0 Å². The number of hydrogen-bond acceptors (Lipinski definition) is 4. The summed E-state index contributed by atoms with van der Waals surface area (Å²) in [5, 5.41) is 1.58. The van der Waals surface area contributed by atoms with E-state index in [1.54, 1.807) is 0 Å². The molecule has 2 aliphatic rings. The van der Waals surface area contributed by atoms with Gasteiger partial charge in [0.05, 0.1) is 11.1 Å². The van der Waals surface area contributed by atoms with Gasteiger partial charge >= 0.3 is 0 Å². The fourth-order valence-electron chi connectivity index (χ4n) is 8.06. The minimum Gasteiger partial charge on any atom is -0.274 e. The van der Waals surface area contributed by atoms with Gasteiger partial charge in [-0.2, -0.15) is 0 Å². The van der Waals surface area contributed by atoms with E-state index in [1.165, 1.54) is 36.4 Å². The van der Waals surface area contributed by atoms with Gasteiger partial charge in [-0.1, -0.05) is 35.3 Å². The van der Waals surface area contributed by atoms with Crippen LogP contribution in [0, 0.1) is 58.2 Å². The molecule has 0 aliphatic carbocycles. The van der Waals surface area contributed by atoms with Crippen molar-refractivity contribution in [1.29, 1.82) is 0 Å². The maximum absolute atomic E-state index is 14.5. The number of hydrogen-bond donors (Lipinski definition) is 0. The molecule has 18 heteroatoms. The minimum atomic E-state index is -2.37. The van der Waals surface area contributed by atoms with Crippen LogP contribution >= 0.6 is 23.2 Å². The van der Waals surface area contributed by atoms with E-state index in [0.29, 0.717) is 20.6 Å². The van der Waals surface area contributed by atoms with Crippen LogP contribution in [0.15, 0.2) is 36.4 Å². The summed E-state index contributed by atoms with van der Waals surface area (Å²) >= 11 is 13.7. The SMILES string of the molecule is O=C1c2ccc3c4c(Cl)cc5c6c(ccc(c7c(Cl)cc(c2c37)C(=O)N1CCc1c(F)c(F)c(F)c(F)c1F)c64)C(=O)N(CCc1c(F)c(F)c(F)c(F)c1F)C5=O. The molecule has 0 saturated heterocycles. The topological polar surface area (TPSA) is 74.8 Å². The number of nitrogens with zero attached hydrogens (tertiary/aromatic N) is 2. The summed E-state index contributed by atoms with van der Waals surface area (Å²) in [5.74, 6) is -26.0. The largest absolute Gasteiger partial charge is 0.274 e. The van der Waals surface area contributed by atoms with Gasteiger partial charge in [0.15, 0.2) is 46.5 Å². The number of benzene rings is 7. The van der Waals surface area contributed by atoms with Crippen LogP contribution < -0.4 is 0 Å². The van der Waals surface area contributed by atoms with Crippen LogP contribution in [-0.2, 0) is 12.8 Å². The van der Waals surface area contributed by atoms with Gasteiger partial charge in [-0.25, -0.2) is 43.9 Å². The number of amides is 4. The molecule has 0 N–H and O–H groups in total.